The maximum atomic E-state index is 6.19. The van der Waals surface area contributed by atoms with Crippen molar-refractivity contribution in [1.29, 1.82) is 0 Å². The first kappa shape index (κ1) is 12.8. The Hall–Kier alpha value is -1.22. The van der Waals surface area contributed by atoms with Crippen LogP contribution in [-0.4, -0.2) is 14.2 Å². The standard InChI is InChI=1S/C13H21NO2/c1-13(2,3)12(14)9-6-7-10(15-4)11(8-9)16-5/h6-8,12H,14H2,1-5H3/t12-/m1/s1. The van der Waals surface area contributed by atoms with Gasteiger partial charge in [-0.2, -0.15) is 0 Å². The lowest BCUT2D eigenvalue weighted by Crippen LogP contribution is -2.26. The largest absolute Gasteiger partial charge is 0.493 e. The molecule has 2 N–H and O–H groups in total. The second kappa shape index (κ2) is 4.74. The van der Waals surface area contributed by atoms with Gasteiger partial charge in [-0.3, -0.25) is 0 Å². The summed E-state index contributed by atoms with van der Waals surface area (Å²) >= 11 is 0. The summed E-state index contributed by atoms with van der Waals surface area (Å²) < 4.78 is 10.4. The Bertz CT molecular complexity index is 355. The molecular weight excluding hydrogens is 202 g/mol. The Balaban J connectivity index is 3.08. The van der Waals surface area contributed by atoms with Crippen molar-refractivity contribution in [2.75, 3.05) is 14.2 Å². The van der Waals surface area contributed by atoms with Crippen LogP contribution in [0.3, 0.4) is 0 Å². The molecule has 0 amide bonds. The van der Waals surface area contributed by atoms with Crippen molar-refractivity contribution >= 4 is 0 Å². The molecule has 0 heterocycles. The van der Waals surface area contributed by atoms with Crippen molar-refractivity contribution in [2.45, 2.75) is 26.8 Å². The van der Waals surface area contributed by atoms with Crippen molar-refractivity contribution in [1.82, 2.24) is 0 Å². The fraction of sp³-hybridized carbons (Fsp3) is 0.538. The predicted molar refractivity (Wildman–Crippen MR) is 65.9 cm³/mol. The number of hydrogen-bond acceptors (Lipinski definition) is 3. The van der Waals surface area contributed by atoms with Crippen molar-refractivity contribution in [3.05, 3.63) is 23.8 Å². The highest BCUT2D eigenvalue weighted by molar-refractivity contribution is 5.44. The van der Waals surface area contributed by atoms with E-state index in [0.717, 1.165) is 17.1 Å². The second-order valence-corrected chi connectivity index (χ2v) is 4.96. The minimum Gasteiger partial charge on any atom is -0.493 e. The average molecular weight is 223 g/mol. The van der Waals surface area contributed by atoms with Crippen molar-refractivity contribution in [3.63, 3.8) is 0 Å². The molecule has 3 nitrogen and oxygen atoms in total. The summed E-state index contributed by atoms with van der Waals surface area (Å²) in [5, 5.41) is 0. The fourth-order valence-electron chi connectivity index (χ4n) is 1.55. The molecule has 0 spiro atoms. The van der Waals surface area contributed by atoms with Gasteiger partial charge in [-0.15, -0.1) is 0 Å². The van der Waals surface area contributed by atoms with Gasteiger partial charge in [-0.05, 0) is 23.1 Å². The zero-order valence-electron chi connectivity index (χ0n) is 10.7. The smallest absolute Gasteiger partial charge is 0.161 e. The van der Waals surface area contributed by atoms with E-state index < -0.39 is 0 Å². The maximum Gasteiger partial charge on any atom is 0.161 e. The molecule has 1 aromatic carbocycles. The summed E-state index contributed by atoms with van der Waals surface area (Å²) in [5.74, 6) is 1.45. The fourth-order valence-corrected chi connectivity index (χ4v) is 1.55. The second-order valence-electron chi connectivity index (χ2n) is 4.96. The zero-order valence-corrected chi connectivity index (χ0v) is 10.7. The van der Waals surface area contributed by atoms with Gasteiger partial charge < -0.3 is 15.2 Å². The summed E-state index contributed by atoms with van der Waals surface area (Å²) in [5.41, 5.74) is 7.28. The molecule has 0 fully saturated rings. The molecule has 0 aromatic heterocycles. The molecule has 0 saturated heterocycles. The number of methoxy groups -OCH3 is 2. The normalized spacial score (nSPS) is 13.4. The lowest BCUT2D eigenvalue weighted by Gasteiger charge is -2.27. The van der Waals surface area contributed by atoms with E-state index in [1.807, 2.05) is 18.2 Å². The molecule has 0 radical (unpaired) electrons. The van der Waals surface area contributed by atoms with E-state index in [2.05, 4.69) is 20.8 Å². The van der Waals surface area contributed by atoms with Gasteiger partial charge in [-0.25, -0.2) is 0 Å². The van der Waals surface area contributed by atoms with Crippen molar-refractivity contribution in [3.8, 4) is 11.5 Å². The third-order valence-corrected chi connectivity index (χ3v) is 2.70. The van der Waals surface area contributed by atoms with E-state index in [4.69, 9.17) is 15.2 Å². The molecule has 0 saturated carbocycles. The molecule has 1 atom stereocenters. The molecule has 90 valence electrons. The van der Waals surface area contributed by atoms with Crippen LogP contribution in [0.25, 0.3) is 0 Å². The van der Waals surface area contributed by atoms with Crippen LogP contribution in [0.5, 0.6) is 11.5 Å². The minimum absolute atomic E-state index is 0.0210. The molecule has 0 bridgehead atoms. The molecule has 0 aliphatic rings. The van der Waals surface area contributed by atoms with Gasteiger partial charge in [0.1, 0.15) is 0 Å². The molecule has 1 aromatic rings. The number of rotatable bonds is 3. The van der Waals surface area contributed by atoms with E-state index in [1.165, 1.54) is 0 Å². The van der Waals surface area contributed by atoms with Gasteiger partial charge in [0.05, 0.1) is 14.2 Å². The van der Waals surface area contributed by atoms with Crippen LogP contribution in [-0.2, 0) is 0 Å². The Morgan fingerprint density at radius 2 is 1.62 bits per heavy atom. The average Bonchev–Trinajstić information content (AvgIpc) is 2.25. The lowest BCUT2D eigenvalue weighted by molar-refractivity contribution is 0.322. The minimum atomic E-state index is -0.0210. The quantitative estimate of drug-likeness (QED) is 0.857. The zero-order chi connectivity index (χ0) is 12.3. The first-order valence-electron chi connectivity index (χ1n) is 5.37. The number of benzene rings is 1. The molecule has 0 unspecified atom stereocenters. The lowest BCUT2D eigenvalue weighted by atomic mass is 9.83. The van der Waals surface area contributed by atoms with Gasteiger partial charge in [-0.1, -0.05) is 26.8 Å². The van der Waals surface area contributed by atoms with Crippen LogP contribution in [0.2, 0.25) is 0 Å². The van der Waals surface area contributed by atoms with Gasteiger partial charge >= 0.3 is 0 Å². The first-order valence-corrected chi connectivity index (χ1v) is 5.37. The monoisotopic (exact) mass is 223 g/mol. The highest BCUT2D eigenvalue weighted by Crippen LogP contribution is 2.35. The maximum absolute atomic E-state index is 6.19. The predicted octanol–water partition coefficient (Wildman–Crippen LogP) is 2.75. The molecule has 0 aliphatic heterocycles. The highest BCUT2D eigenvalue weighted by atomic mass is 16.5. The van der Waals surface area contributed by atoms with Crippen LogP contribution in [0.1, 0.15) is 32.4 Å². The highest BCUT2D eigenvalue weighted by Gasteiger charge is 2.23. The number of nitrogens with two attached hydrogens (primary N) is 1. The van der Waals surface area contributed by atoms with Crippen LogP contribution in [0, 0.1) is 5.41 Å². The van der Waals surface area contributed by atoms with Crippen molar-refractivity contribution < 1.29 is 9.47 Å². The van der Waals surface area contributed by atoms with Crippen LogP contribution < -0.4 is 15.2 Å². The number of ether oxygens (including phenoxy) is 2. The summed E-state index contributed by atoms with van der Waals surface area (Å²) in [6, 6.07) is 5.79. The molecular formula is C13H21NO2. The van der Waals surface area contributed by atoms with E-state index in [9.17, 15) is 0 Å². The molecule has 16 heavy (non-hydrogen) atoms. The summed E-state index contributed by atoms with van der Waals surface area (Å²) in [4.78, 5) is 0. The van der Waals surface area contributed by atoms with Gasteiger partial charge in [0, 0.05) is 6.04 Å². The third-order valence-electron chi connectivity index (χ3n) is 2.70. The first-order chi connectivity index (χ1) is 7.40. The van der Waals surface area contributed by atoms with E-state index in [0.29, 0.717) is 0 Å². The van der Waals surface area contributed by atoms with Gasteiger partial charge in [0.2, 0.25) is 0 Å². The van der Waals surface area contributed by atoms with Gasteiger partial charge in [0.15, 0.2) is 11.5 Å². The van der Waals surface area contributed by atoms with E-state index in [1.54, 1.807) is 14.2 Å². The topological polar surface area (TPSA) is 44.5 Å². The van der Waals surface area contributed by atoms with E-state index in [-0.39, 0.29) is 11.5 Å². The Morgan fingerprint density at radius 1 is 1.06 bits per heavy atom. The van der Waals surface area contributed by atoms with Crippen LogP contribution in [0.15, 0.2) is 18.2 Å². The SMILES string of the molecule is COc1ccc([C@@H](N)C(C)(C)C)cc1OC. The molecule has 0 aliphatic carbocycles. The van der Waals surface area contributed by atoms with Crippen LogP contribution in [0.4, 0.5) is 0 Å². The van der Waals surface area contributed by atoms with Crippen LogP contribution >= 0.6 is 0 Å². The third kappa shape index (κ3) is 2.67. The van der Waals surface area contributed by atoms with E-state index >= 15 is 0 Å². The summed E-state index contributed by atoms with van der Waals surface area (Å²) in [6.07, 6.45) is 0. The Kier molecular flexibility index (Phi) is 3.81. The Labute approximate surface area is 97.6 Å². The molecule has 1 rings (SSSR count). The van der Waals surface area contributed by atoms with Crippen molar-refractivity contribution in [2.24, 2.45) is 11.1 Å². The number of hydrogen-bond donors (Lipinski definition) is 1. The molecule has 3 heteroatoms. The Morgan fingerprint density at radius 3 is 2.06 bits per heavy atom. The van der Waals surface area contributed by atoms with Gasteiger partial charge in [0.25, 0.3) is 0 Å². The summed E-state index contributed by atoms with van der Waals surface area (Å²) in [7, 11) is 3.26. The summed E-state index contributed by atoms with van der Waals surface area (Å²) in [6.45, 7) is 6.36.